The molecule has 6 atom stereocenters. The van der Waals surface area contributed by atoms with E-state index in [1.54, 1.807) is 0 Å². The van der Waals surface area contributed by atoms with Gasteiger partial charge in [-0.3, -0.25) is 13.8 Å². The van der Waals surface area contributed by atoms with Crippen molar-refractivity contribution in [1.82, 2.24) is 0 Å². The van der Waals surface area contributed by atoms with Gasteiger partial charge in [0.25, 0.3) is 0 Å². The Morgan fingerprint density at radius 1 is 0.451 bits per heavy atom. The van der Waals surface area contributed by atoms with Gasteiger partial charge in [0.2, 0.25) is 0 Å². The minimum Gasteiger partial charge on any atom is -0.457 e. The summed E-state index contributed by atoms with van der Waals surface area (Å²) in [5, 5.41) is 50.4. The van der Waals surface area contributed by atoms with Crippen molar-refractivity contribution in [1.29, 1.82) is 0 Å². The Balaban J connectivity index is 2.26. The molecule has 0 amide bonds. The van der Waals surface area contributed by atoms with Crippen molar-refractivity contribution in [2.75, 3.05) is 19.8 Å². The molecule has 6 unspecified atom stereocenters. The van der Waals surface area contributed by atoms with Crippen LogP contribution in [0.5, 0.6) is 0 Å². The van der Waals surface area contributed by atoms with E-state index >= 15 is 0 Å². The molecule has 1 rings (SSSR count). The maximum Gasteiger partial charge on any atom is 0.472 e. The summed E-state index contributed by atoms with van der Waals surface area (Å²) in [4.78, 5) is 23.3. The summed E-state index contributed by atoms with van der Waals surface area (Å²) in [6.07, 6.45) is 46.8. The zero-order valence-electron chi connectivity index (χ0n) is 45.5. The highest BCUT2D eigenvalue weighted by atomic mass is 31.2. The number of ether oxygens (including phenoxy) is 2. The highest BCUT2D eigenvalue weighted by Gasteiger charge is 2.51. The average Bonchev–Trinajstić information content (AvgIpc) is 3.36. The van der Waals surface area contributed by atoms with Gasteiger partial charge in [-0.15, -0.1) is 0 Å². The fourth-order valence-corrected chi connectivity index (χ4v) is 10.4. The Morgan fingerprint density at radius 3 is 1.18 bits per heavy atom. The molecule has 0 saturated heterocycles. The molecule has 0 aliphatic heterocycles. The molecular formula is C58H111O12P. The first kappa shape index (κ1) is 67.8. The monoisotopic (exact) mass is 1030 g/mol. The number of carbonyl (C=O) groups excluding carboxylic acids is 1. The maximum atomic E-state index is 12.9. The summed E-state index contributed by atoms with van der Waals surface area (Å²) >= 11 is 0. The van der Waals surface area contributed by atoms with Gasteiger partial charge >= 0.3 is 13.8 Å². The molecule has 420 valence electrons. The summed E-state index contributed by atoms with van der Waals surface area (Å²) in [6, 6.07) is 0. The number of hydrogen-bond donors (Lipinski definition) is 6. The van der Waals surface area contributed by atoms with E-state index < -0.39 is 63.1 Å². The fourth-order valence-electron chi connectivity index (χ4n) is 9.39. The SMILES string of the molecule is CCCCCCC/C=C\C/C=C\CCCCCCCCCCCCCC(=O)OC(COCCCCCCCCCCCCCCCCCCCCCCC)COP(=O)(O)OC1C(O)C(O)C(O)C(O)C1O. The Morgan fingerprint density at radius 2 is 0.789 bits per heavy atom. The molecule has 0 radical (unpaired) electrons. The molecule has 0 aromatic carbocycles. The van der Waals surface area contributed by atoms with Gasteiger partial charge in [-0.05, 0) is 44.9 Å². The molecule has 13 heteroatoms. The lowest BCUT2D eigenvalue weighted by Crippen LogP contribution is -2.64. The predicted octanol–water partition coefficient (Wildman–Crippen LogP) is 14.4. The standard InChI is InChI=1S/C58H111O12P/c1-3-5-7-9-11-13-15-17-19-21-23-25-26-27-29-31-33-35-37-39-41-43-45-47-52(59)69-51(50-68-71(65,66)70-58-56(63)54(61)53(60)55(62)57(58)64)49-67-48-46-44-42-40-38-36-34-32-30-28-24-22-20-18-16-14-12-10-8-6-4-2/h15,17,21,23,51,53-58,60-64H,3-14,16,18-20,22,24-50H2,1-2H3,(H,65,66)/b17-15-,23-21-. The summed E-state index contributed by atoms with van der Waals surface area (Å²) in [5.74, 6) is -0.473. The van der Waals surface area contributed by atoms with Crippen LogP contribution in [0.25, 0.3) is 0 Å². The maximum absolute atomic E-state index is 12.9. The van der Waals surface area contributed by atoms with Gasteiger partial charge in [-0.25, -0.2) is 4.57 Å². The van der Waals surface area contributed by atoms with Crippen molar-refractivity contribution in [2.45, 2.75) is 320 Å². The zero-order chi connectivity index (χ0) is 51.9. The van der Waals surface area contributed by atoms with Crippen molar-refractivity contribution in [2.24, 2.45) is 0 Å². The number of allylic oxidation sites excluding steroid dienone is 4. The van der Waals surface area contributed by atoms with Crippen LogP contribution in [0.3, 0.4) is 0 Å². The van der Waals surface area contributed by atoms with Crippen molar-refractivity contribution < 1.29 is 58.3 Å². The average molecular weight is 1030 g/mol. The quantitative estimate of drug-likeness (QED) is 0.0146. The van der Waals surface area contributed by atoms with E-state index in [0.717, 1.165) is 44.9 Å². The first-order valence-electron chi connectivity index (χ1n) is 29.7. The van der Waals surface area contributed by atoms with E-state index in [0.29, 0.717) is 13.0 Å². The second-order valence-corrected chi connectivity index (χ2v) is 22.3. The highest BCUT2D eigenvalue weighted by Crippen LogP contribution is 2.47. The first-order valence-corrected chi connectivity index (χ1v) is 31.2. The minimum absolute atomic E-state index is 0.0719. The lowest BCUT2D eigenvalue weighted by atomic mass is 9.85. The molecule has 1 aliphatic carbocycles. The molecule has 0 spiro atoms. The Kier molecular flexibility index (Phi) is 46.3. The lowest BCUT2D eigenvalue weighted by Gasteiger charge is -2.41. The van der Waals surface area contributed by atoms with Gasteiger partial charge in [0.1, 0.15) is 42.7 Å². The van der Waals surface area contributed by atoms with Crippen LogP contribution in [-0.2, 0) is 27.9 Å². The van der Waals surface area contributed by atoms with Crippen LogP contribution in [0.2, 0.25) is 0 Å². The topological polar surface area (TPSA) is 192 Å². The number of carbonyl (C=O) groups is 1. The predicted molar refractivity (Wildman–Crippen MR) is 290 cm³/mol. The minimum atomic E-state index is -5.02. The molecule has 0 bridgehead atoms. The molecule has 0 heterocycles. The number of unbranched alkanes of at least 4 members (excludes halogenated alkanes) is 36. The third kappa shape index (κ3) is 39.8. The number of hydrogen-bond acceptors (Lipinski definition) is 11. The van der Waals surface area contributed by atoms with Crippen molar-refractivity contribution in [3.8, 4) is 0 Å². The molecule has 6 N–H and O–H groups in total. The number of phosphoric ester groups is 1. The van der Waals surface area contributed by atoms with Crippen LogP contribution < -0.4 is 0 Å². The van der Waals surface area contributed by atoms with E-state index in [9.17, 15) is 39.8 Å². The van der Waals surface area contributed by atoms with Crippen molar-refractivity contribution in [3.63, 3.8) is 0 Å². The molecule has 12 nitrogen and oxygen atoms in total. The van der Waals surface area contributed by atoms with E-state index in [2.05, 4.69) is 38.2 Å². The lowest BCUT2D eigenvalue weighted by molar-refractivity contribution is -0.220. The largest absolute Gasteiger partial charge is 0.472 e. The summed E-state index contributed by atoms with van der Waals surface area (Å²) in [5.41, 5.74) is 0. The van der Waals surface area contributed by atoms with Crippen LogP contribution in [0.4, 0.5) is 0 Å². The Labute approximate surface area is 434 Å². The van der Waals surface area contributed by atoms with E-state index in [4.69, 9.17) is 18.5 Å². The van der Waals surface area contributed by atoms with Crippen molar-refractivity contribution in [3.05, 3.63) is 24.3 Å². The van der Waals surface area contributed by atoms with E-state index in [1.807, 2.05) is 0 Å². The second-order valence-electron chi connectivity index (χ2n) is 20.9. The number of aliphatic hydroxyl groups excluding tert-OH is 5. The summed E-state index contributed by atoms with van der Waals surface area (Å²) < 4.78 is 34.4. The van der Waals surface area contributed by atoms with Crippen LogP contribution in [0.1, 0.15) is 277 Å². The molecule has 1 saturated carbocycles. The van der Waals surface area contributed by atoms with Gasteiger partial charge in [-0.2, -0.15) is 0 Å². The third-order valence-corrected chi connectivity index (χ3v) is 15.1. The van der Waals surface area contributed by atoms with Crippen LogP contribution in [-0.4, -0.2) is 98.9 Å². The van der Waals surface area contributed by atoms with Gasteiger partial charge in [0.15, 0.2) is 0 Å². The highest BCUT2D eigenvalue weighted by molar-refractivity contribution is 7.47. The van der Waals surface area contributed by atoms with E-state index in [-0.39, 0.29) is 13.0 Å². The molecule has 71 heavy (non-hydrogen) atoms. The number of aliphatic hydroxyl groups is 5. The zero-order valence-corrected chi connectivity index (χ0v) is 46.4. The van der Waals surface area contributed by atoms with Crippen LogP contribution in [0, 0.1) is 0 Å². The normalized spacial score (nSPS) is 20.8. The third-order valence-electron chi connectivity index (χ3n) is 14.1. The van der Waals surface area contributed by atoms with Gasteiger partial charge in [0.05, 0.1) is 13.2 Å². The number of esters is 1. The van der Waals surface area contributed by atoms with Crippen molar-refractivity contribution >= 4 is 13.8 Å². The number of rotatable bonds is 52. The fraction of sp³-hybridized carbons (Fsp3) is 0.914. The van der Waals surface area contributed by atoms with Gasteiger partial charge < -0.3 is 39.9 Å². The molecule has 0 aromatic heterocycles. The van der Waals surface area contributed by atoms with Gasteiger partial charge in [0, 0.05) is 13.0 Å². The summed E-state index contributed by atoms with van der Waals surface area (Å²) in [7, 11) is -5.02. The first-order chi connectivity index (χ1) is 34.5. The molecular weight excluding hydrogens is 920 g/mol. The number of phosphoric acid groups is 1. The Hall–Kier alpha value is -1.18. The second kappa shape index (κ2) is 48.5. The van der Waals surface area contributed by atoms with Crippen LogP contribution in [0.15, 0.2) is 24.3 Å². The summed E-state index contributed by atoms with van der Waals surface area (Å²) in [6.45, 7) is 4.31. The van der Waals surface area contributed by atoms with Crippen LogP contribution >= 0.6 is 7.82 Å². The molecule has 0 aromatic rings. The molecule has 1 fully saturated rings. The Bertz CT molecular complexity index is 1270. The smallest absolute Gasteiger partial charge is 0.457 e. The molecule has 1 aliphatic rings. The van der Waals surface area contributed by atoms with E-state index in [1.165, 1.54) is 205 Å². The van der Waals surface area contributed by atoms with Gasteiger partial charge in [-0.1, -0.05) is 250 Å².